The summed E-state index contributed by atoms with van der Waals surface area (Å²) in [4.78, 5) is 43.9. The first-order chi connectivity index (χ1) is 14.0. The Hall–Kier alpha value is -3.55. The molecule has 1 N–H and O–H groups in total. The van der Waals surface area contributed by atoms with Gasteiger partial charge < -0.3 is 4.90 Å². The smallest absolute Gasteiger partial charge is 0.336 e. The molecular formula is C21H19FN4O3. The number of urea groups is 1. The van der Waals surface area contributed by atoms with Crippen LogP contribution in [0.3, 0.4) is 0 Å². The third kappa shape index (κ3) is 3.73. The fourth-order valence-electron chi connectivity index (χ4n) is 3.55. The fraction of sp³-hybridized carbons (Fsp3) is 0.238. The monoisotopic (exact) mass is 394 g/mol. The Labute approximate surface area is 166 Å². The van der Waals surface area contributed by atoms with E-state index in [0.29, 0.717) is 11.3 Å². The van der Waals surface area contributed by atoms with Crippen molar-refractivity contribution in [2.24, 2.45) is 0 Å². The van der Waals surface area contributed by atoms with E-state index in [-0.39, 0.29) is 11.3 Å². The Kier molecular flexibility index (Phi) is 5.07. The van der Waals surface area contributed by atoms with Crippen LogP contribution in [-0.2, 0) is 9.59 Å². The molecule has 148 valence electrons. The molecule has 3 heterocycles. The third-order valence-electron chi connectivity index (χ3n) is 4.99. The van der Waals surface area contributed by atoms with Gasteiger partial charge in [0.2, 0.25) is 0 Å². The molecule has 2 aliphatic heterocycles. The van der Waals surface area contributed by atoms with E-state index >= 15 is 0 Å². The van der Waals surface area contributed by atoms with Crippen LogP contribution in [0, 0.1) is 5.82 Å². The van der Waals surface area contributed by atoms with Crippen LogP contribution in [0.1, 0.15) is 24.8 Å². The van der Waals surface area contributed by atoms with Gasteiger partial charge in [-0.2, -0.15) is 0 Å². The minimum Gasteiger partial charge on any atom is -0.369 e. The molecule has 1 aromatic carbocycles. The predicted octanol–water partition coefficient (Wildman–Crippen LogP) is 2.88. The van der Waals surface area contributed by atoms with Gasteiger partial charge in [0.1, 0.15) is 11.4 Å². The van der Waals surface area contributed by atoms with Crippen LogP contribution >= 0.6 is 0 Å². The molecule has 0 aliphatic carbocycles. The molecule has 2 saturated heterocycles. The maximum Gasteiger partial charge on any atom is 0.336 e. The third-order valence-corrected chi connectivity index (χ3v) is 4.99. The molecule has 29 heavy (non-hydrogen) atoms. The van der Waals surface area contributed by atoms with Crippen molar-refractivity contribution in [2.45, 2.75) is 19.3 Å². The molecular weight excluding hydrogens is 375 g/mol. The van der Waals surface area contributed by atoms with Gasteiger partial charge in [0, 0.05) is 19.3 Å². The second-order valence-corrected chi connectivity index (χ2v) is 6.93. The molecule has 0 radical (unpaired) electrons. The summed E-state index contributed by atoms with van der Waals surface area (Å²) in [7, 11) is 0. The standard InChI is InChI=1S/C21H19FN4O3/c22-17-12-14(6-7-18(17)25-9-2-1-3-10-25)11-16-19(27)24-21(29)26(20(16)28)15-5-4-8-23-13-15/h4-8,11-13H,1-3,9-10H2,(H,24,27,29)/b16-11+. The molecule has 4 rings (SSSR count). The minimum absolute atomic E-state index is 0.236. The number of pyridine rings is 1. The number of barbiturate groups is 1. The lowest BCUT2D eigenvalue weighted by Crippen LogP contribution is -2.54. The van der Waals surface area contributed by atoms with E-state index in [1.165, 1.54) is 30.6 Å². The number of carbonyl (C=O) groups excluding carboxylic acids is 3. The fourth-order valence-corrected chi connectivity index (χ4v) is 3.55. The number of hydrogen-bond acceptors (Lipinski definition) is 5. The molecule has 4 amide bonds. The molecule has 0 unspecified atom stereocenters. The van der Waals surface area contributed by atoms with Crippen molar-refractivity contribution < 1.29 is 18.8 Å². The molecule has 0 atom stereocenters. The van der Waals surface area contributed by atoms with E-state index in [4.69, 9.17) is 0 Å². The van der Waals surface area contributed by atoms with Crippen LogP contribution in [0.15, 0.2) is 48.3 Å². The second-order valence-electron chi connectivity index (χ2n) is 6.93. The molecule has 0 saturated carbocycles. The molecule has 8 heteroatoms. The highest BCUT2D eigenvalue weighted by Crippen LogP contribution is 2.26. The SMILES string of the molecule is O=C1NC(=O)N(c2cccnc2)C(=O)/C1=C/c1ccc(N2CCCCC2)c(F)c1. The molecule has 2 fully saturated rings. The van der Waals surface area contributed by atoms with Crippen molar-refractivity contribution in [3.8, 4) is 0 Å². The Balaban J connectivity index is 1.64. The quantitative estimate of drug-likeness (QED) is 0.639. The van der Waals surface area contributed by atoms with Crippen LogP contribution in [-0.4, -0.2) is 35.9 Å². The Morgan fingerprint density at radius 2 is 1.86 bits per heavy atom. The van der Waals surface area contributed by atoms with Crippen molar-refractivity contribution >= 4 is 35.3 Å². The van der Waals surface area contributed by atoms with E-state index in [1.807, 2.05) is 4.90 Å². The maximum atomic E-state index is 14.7. The number of anilines is 2. The van der Waals surface area contributed by atoms with E-state index in [2.05, 4.69) is 10.3 Å². The zero-order valence-electron chi connectivity index (χ0n) is 15.6. The van der Waals surface area contributed by atoms with Crippen LogP contribution in [0.5, 0.6) is 0 Å². The van der Waals surface area contributed by atoms with Crippen molar-refractivity contribution in [1.82, 2.24) is 10.3 Å². The summed E-state index contributed by atoms with van der Waals surface area (Å²) in [6.07, 6.45) is 7.33. The van der Waals surface area contributed by atoms with Gasteiger partial charge in [-0.25, -0.2) is 14.1 Å². The molecule has 2 aliphatic rings. The zero-order valence-corrected chi connectivity index (χ0v) is 15.6. The van der Waals surface area contributed by atoms with Crippen molar-refractivity contribution in [2.75, 3.05) is 22.9 Å². The summed E-state index contributed by atoms with van der Waals surface area (Å²) in [6, 6.07) is 6.86. The first-order valence-electron chi connectivity index (χ1n) is 9.40. The van der Waals surface area contributed by atoms with Gasteiger partial charge in [-0.3, -0.25) is 19.9 Å². The number of hydrogen-bond donors (Lipinski definition) is 1. The summed E-state index contributed by atoms with van der Waals surface area (Å²) in [5.41, 5.74) is 0.860. The average Bonchev–Trinajstić information content (AvgIpc) is 2.72. The number of aromatic nitrogens is 1. The first-order valence-corrected chi connectivity index (χ1v) is 9.40. The maximum absolute atomic E-state index is 14.7. The number of amides is 4. The van der Waals surface area contributed by atoms with E-state index in [1.54, 1.807) is 18.2 Å². The van der Waals surface area contributed by atoms with E-state index < -0.39 is 23.7 Å². The topological polar surface area (TPSA) is 82.6 Å². The highest BCUT2D eigenvalue weighted by molar-refractivity contribution is 6.39. The van der Waals surface area contributed by atoms with Crippen LogP contribution < -0.4 is 15.1 Å². The van der Waals surface area contributed by atoms with Crippen LogP contribution in [0.2, 0.25) is 0 Å². The largest absolute Gasteiger partial charge is 0.369 e. The predicted molar refractivity (Wildman–Crippen MR) is 106 cm³/mol. The van der Waals surface area contributed by atoms with Crippen molar-refractivity contribution in [3.05, 3.63) is 59.7 Å². The highest BCUT2D eigenvalue weighted by Gasteiger charge is 2.36. The summed E-state index contributed by atoms with van der Waals surface area (Å²) in [6.45, 7) is 1.61. The Bertz CT molecular complexity index is 1000. The molecule has 7 nitrogen and oxygen atoms in total. The van der Waals surface area contributed by atoms with Crippen LogP contribution in [0.25, 0.3) is 6.08 Å². The summed E-state index contributed by atoms with van der Waals surface area (Å²) >= 11 is 0. The van der Waals surface area contributed by atoms with Gasteiger partial charge in [0.15, 0.2) is 0 Å². The number of carbonyl (C=O) groups is 3. The van der Waals surface area contributed by atoms with Gasteiger partial charge in [0.05, 0.1) is 17.6 Å². The number of halogens is 1. The van der Waals surface area contributed by atoms with E-state index in [0.717, 1.165) is 37.3 Å². The first kappa shape index (κ1) is 18.8. The Morgan fingerprint density at radius 3 is 2.55 bits per heavy atom. The number of piperidine rings is 1. The lowest BCUT2D eigenvalue weighted by Gasteiger charge is -2.29. The van der Waals surface area contributed by atoms with Crippen LogP contribution in [0.4, 0.5) is 20.6 Å². The van der Waals surface area contributed by atoms with Gasteiger partial charge in [-0.1, -0.05) is 6.07 Å². The minimum atomic E-state index is -0.850. The van der Waals surface area contributed by atoms with Crippen molar-refractivity contribution in [3.63, 3.8) is 0 Å². The Morgan fingerprint density at radius 1 is 1.07 bits per heavy atom. The summed E-state index contributed by atoms with van der Waals surface area (Å²) in [5, 5.41) is 2.14. The highest BCUT2D eigenvalue weighted by atomic mass is 19.1. The normalized spacial score (nSPS) is 18.9. The summed E-state index contributed by atoms with van der Waals surface area (Å²) < 4.78 is 14.7. The number of imide groups is 2. The van der Waals surface area contributed by atoms with Gasteiger partial charge in [-0.05, 0) is 55.2 Å². The number of nitrogens with one attached hydrogen (secondary N) is 1. The molecule has 0 spiro atoms. The summed E-state index contributed by atoms with van der Waals surface area (Å²) in [5.74, 6) is -2.02. The second kappa shape index (κ2) is 7.83. The van der Waals surface area contributed by atoms with Gasteiger partial charge >= 0.3 is 6.03 Å². The van der Waals surface area contributed by atoms with Gasteiger partial charge in [0.25, 0.3) is 11.8 Å². The lowest BCUT2D eigenvalue weighted by molar-refractivity contribution is -0.122. The molecule has 2 aromatic rings. The number of rotatable bonds is 3. The van der Waals surface area contributed by atoms with Crippen molar-refractivity contribution in [1.29, 1.82) is 0 Å². The average molecular weight is 394 g/mol. The number of nitrogens with zero attached hydrogens (tertiary/aromatic N) is 3. The number of benzene rings is 1. The molecule has 1 aromatic heterocycles. The lowest BCUT2D eigenvalue weighted by atomic mass is 10.1. The van der Waals surface area contributed by atoms with Gasteiger partial charge in [-0.15, -0.1) is 0 Å². The molecule has 0 bridgehead atoms. The van der Waals surface area contributed by atoms with E-state index in [9.17, 15) is 18.8 Å². The zero-order chi connectivity index (χ0) is 20.4.